The fourth-order valence-corrected chi connectivity index (χ4v) is 1.35. The predicted molar refractivity (Wildman–Crippen MR) is 67.0 cm³/mol. The Morgan fingerprint density at radius 3 is 2.67 bits per heavy atom. The van der Waals surface area contributed by atoms with E-state index in [1.54, 1.807) is 37.2 Å². The predicted octanol–water partition coefficient (Wildman–Crippen LogP) is 1.71. The summed E-state index contributed by atoms with van der Waals surface area (Å²) in [6.07, 6.45) is 0.497. The quantitative estimate of drug-likeness (QED) is 0.645. The number of nitrogens with two attached hydrogens (primary N) is 1. The molecule has 6 heteroatoms. The molecule has 1 aromatic carbocycles. The van der Waals surface area contributed by atoms with Crippen LogP contribution in [0.3, 0.4) is 0 Å². The van der Waals surface area contributed by atoms with Crippen LogP contribution < -0.4 is 10.5 Å². The molecule has 18 heavy (non-hydrogen) atoms. The van der Waals surface area contributed by atoms with Crippen molar-refractivity contribution in [2.45, 2.75) is 13.0 Å². The maximum Gasteiger partial charge on any atom is 0.387 e. The summed E-state index contributed by atoms with van der Waals surface area (Å²) >= 11 is 0. The first kappa shape index (κ1) is 14.2. The first-order valence-electron chi connectivity index (χ1n) is 5.50. The van der Waals surface area contributed by atoms with Gasteiger partial charge in [0.2, 0.25) is 0 Å². The molecule has 0 bridgehead atoms. The third-order valence-corrected chi connectivity index (χ3v) is 2.30. The Balaban J connectivity index is 2.64. The van der Waals surface area contributed by atoms with E-state index in [2.05, 4.69) is 9.73 Å². The average Bonchev–Trinajstić information content (AvgIpc) is 2.30. The molecule has 0 aliphatic heterocycles. The van der Waals surface area contributed by atoms with Crippen molar-refractivity contribution in [2.24, 2.45) is 10.7 Å². The SMILES string of the molecule is CN(C)C(N)=NCCc1ccccc1OC(F)F. The summed E-state index contributed by atoms with van der Waals surface area (Å²) in [5, 5.41) is 0. The topological polar surface area (TPSA) is 50.8 Å². The summed E-state index contributed by atoms with van der Waals surface area (Å²) in [6.45, 7) is -2.39. The highest BCUT2D eigenvalue weighted by atomic mass is 19.3. The summed E-state index contributed by atoms with van der Waals surface area (Å²) in [5.74, 6) is 0.591. The molecule has 0 saturated carbocycles. The lowest BCUT2D eigenvalue weighted by Gasteiger charge is -2.11. The summed E-state index contributed by atoms with van der Waals surface area (Å²) in [7, 11) is 3.57. The molecule has 0 fully saturated rings. The molecule has 100 valence electrons. The third kappa shape index (κ3) is 4.57. The van der Waals surface area contributed by atoms with E-state index in [-0.39, 0.29) is 5.75 Å². The maximum atomic E-state index is 12.2. The van der Waals surface area contributed by atoms with E-state index in [0.29, 0.717) is 24.5 Å². The van der Waals surface area contributed by atoms with E-state index < -0.39 is 6.61 Å². The number of hydrogen-bond donors (Lipinski definition) is 1. The second-order valence-electron chi connectivity index (χ2n) is 3.87. The lowest BCUT2D eigenvalue weighted by molar-refractivity contribution is -0.0504. The summed E-state index contributed by atoms with van der Waals surface area (Å²) in [4.78, 5) is 5.80. The number of rotatable bonds is 5. The van der Waals surface area contributed by atoms with Gasteiger partial charge < -0.3 is 15.4 Å². The van der Waals surface area contributed by atoms with Crippen LogP contribution in [-0.4, -0.2) is 38.1 Å². The van der Waals surface area contributed by atoms with Crippen molar-refractivity contribution in [3.8, 4) is 5.75 Å². The minimum atomic E-state index is -2.82. The number of nitrogens with zero attached hydrogens (tertiary/aromatic N) is 2. The Labute approximate surface area is 105 Å². The maximum absolute atomic E-state index is 12.2. The van der Waals surface area contributed by atoms with Gasteiger partial charge in [-0.3, -0.25) is 4.99 Å². The van der Waals surface area contributed by atoms with Crippen LogP contribution in [0.15, 0.2) is 29.3 Å². The minimum Gasteiger partial charge on any atom is -0.435 e. The Morgan fingerprint density at radius 1 is 1.39 bits per heavy atom. The number of hydrogen-bond acceptors (Lipinski definition) is 2. The molecule has 0 aliphatic rings. The van der Waals surface area contributed by atoms with Crippen LogP contribution in [0.25, 0.3) is 0 Å². The molecule has 2 N–H and O–H groups in total. The number of halogens is 2. The summed E-state index contributed by atoms with van der Waals surface area (Å²) in [6, 6.07) is 6.67. The zero-order valence-electron chi connectivity index (χ0n) is 10.4. The number of alkyl halides is 2. The Bertz CT molecular complexity index is 408. The highest BCUT2D eigenvalue weighted by molar-refractivity contribution is 5.77. The summed E-state index contributed by atoms with van der Waals surface area (Å²) < 4.78 is 28.8. The smallest absolute Gasteiger partial charge is 0.387 e. The van der Waals surface area contributed by atoms with Crippen molar-refractivity contribution in [3.63, 3.8) is 0 Å². The van der Waals surface area contributed by atoms with Crippen molar-refractivity contribution in [3.05, 3.63) is 29.8 Å². The van der Waals surface area contributed by atoms with Crippen LogP contribution in [0.4, 0.5) is 8.78 Å². The van der Waals surface area contributed by atoms with Crippen molar-refractivity contribution in [1.29, 1.82) is 0 Å². The molecule has 0 amide bonds. The van der Waals surface area contributed by atoms with E-state index >= 15 is 0 Å². The Hall–Kier alpha value is -1.85. The summed E-state index contributed by atoms with van der Waals surface area (Å²) in [5.41, 5.74) is 6.31. The third-order valence-electron chi connectivity index (χ3n) is 2.30. The van der Waals surface area contributed by atoms with Gasteiger partial charge >= 0.3 is 6.61 Å². The highest BCUT2D eigenvalue weighted by Gasteiger charge is 2.08. The van der Waals surface area contributed by atoms with Crippen LogP contribution in [0.2, 0.25) is 0 Å². The van der Waals surface area contributed by atoms with Gasteiger partial charge in [0.1, 0.15) is 5.75 Å². The van der Waals surface area contributed by atoms with Gasteiger partial charge in [-0.1, -0.05) is 18.2 Å². The molecular formula is C12H17F2N3O. The van der Waals surface area contributed by atoms with Gasteiger partial charge in [-0.2, -0.15) is 8.78 Å². The minimum absolute atomic E-state index is 0.186. The van der Waals surface area contributed by atoms with E-state index in [9.17, 15) is 8.78 Å². The van der Waals surface area contributed by atoms with E-state index in [0.717, 1.165) is 0 Å². The monoisotopic (exact) mass is 257 g/mol. The molecule has 0 saturated heterocycles. The van der Waals surface area contributed by atoms with Crippen LogP contribution in [0, 0.1) is 0 Å². The van der Waals surface area contributed by atoms with Gasteiger partial charge in [0, 0.05) is 20.6 Å². The fraction of sp³-hybridized carbons (Fsp3) is 0.417. The molecule has 0 unspecified atom stereocenters. The number of para-hydroxylation sites is 1. The molecule has 1 aromatic rings. The molecular weight excluding hydrogens is 240 g/mol. The largest absolute Gasteiger partial charge is 0.435 e. The molecule has 0 aromatic heterocycles. The van der Waals surface area contributed by atoms with E-state index in [1.165, 1.54) is 6.07 Å². The highest BCUT2D eigenvalue weighted by Crippen LogP contribution is 2.20. The van der Waals surface area contributed by atoms with Gasteiger partial charge in [0.25, 0.3) is 0 Å². The van der Waals surface area contributed by atoms with Crippen molar-refractivity contribution in [1.82, 2.24) is 4.90 Å². The second-order valence-corrected chi connectivity index (χ2v) is 3.87. The normalized spacial score (nSPS) is 11.7. The lowest BCUT2D eigenvalue weighted by Crippen LogP contribution is -2.30. The zero-order chi connectivity index (χ0) is 13.5. The van der Waals surface area contributed by atoms with Crippen LogP contribution in [0.5, 0.6) is 5.75 Å². The number of guanidine groups is 1. The van der Waals surface area contributed by atoms with E-state index in [1.807, 2.05) is 0 Å². The zero-order valence-corrected chi connectivity index (χ0v) is 10.4. The van der Waals surface area contributed by atoms with Crippen molar-refractivity contribution in [2.75, 3.05) is 20.6 Å². The second kappa shape index (κ2) is 6.78. The number of ether oxygens (including phenoxy) is 1. The average molecular weight is 257 g/mol. The van der Waals surface area contributed by atoms with Gasteiger partial charge in [-0.25, -0.2) is 0 Å². The van der Waals surface area contributed by atoms with Crippen LogP contribution in [0.1, 0.15) is 5.56 Å². The number of aliphatic imine (C=N–C) groups is 1. The molecule has 0 aliphatic carbocycles. The molecule has 0 heterocycles. The molecule has 1 rings (SSSR count). The van der Waals surface area contributed by atoms with E-state index in [4.69, 9.17) is 5.73 Å². The molecule has 0 spiro atoms. The fourth-order valence-electron chi connectivity index (χ4n) is 1.35. The Kier molecular flexibility index (Phi) is 5.35. The van der Waals surface area contributed by atoms with Gasteiger partial charge in [0.05, 0.1) is 0 Å². The van der Waals surface area contributed by atoms with Crippen LogP contribution in [-0.2, 0) is 6.42 Å². The Morgan fingerprint density at radius 2 is 2.06 bits per heavy atom. The first-order valence-corrected chi connectivity index (χ1v) is 5.50. The number of benzene rings is 1. The van der Waals surface area contributed by atoms with Crippen molar-refractivity contribution < 1.29 is 13.5 Å². The molecule has 0 radical (unpaired) electrons. The molecule has 4 nitrogen and oxygen atoms in total. The van der Waals surface area contributed by atoms with Crippen molar-refractivity contribution >= 4 is 5.96 Å². The van der Waals surface area contributed by atoms with Crippen LogP contribution >= 0.6 is 0 Å². The lowest BCUT2D eigenvalue weighted by atomic mass is 10.1. The van der Waals surface area contributed by atoms with Gasteiger partial charge in [-0.05, 0) is 18.1 Å². The molecule has 0 atom stereocenters. The van der Waals surface area contributed by atoms with Gasteiger partial charge in [-0.15, -0.1) is 0 Å². The first-order chi connectivity index (χ1) is 8.50. The standard InChI is InChI=1S/C12H17F2N3O/c1-17(2)12(15)16-8-7-9-5-3-4-6-10(9)18-11(13)14/h3-6,11H,7-8H2,1-2H3,(H2,15,16). The van der Waals surface area contributed by atoms with Gasteiger partial charge in [0.15, 0.2) is 5.96 Å².